The largest absolute Gasteiger partial charge is 0.494 e. The third kappa shape index (κ3) is 8.09. The van der Waals surface area contributed by atoms with Crippen LogP contribution in [0, 0.1) is 0 Å². The second-order valence-electron chi connectivity index (χ2n) is 6.66. The van der Waals surface area contributed by atoms with Crippen LogP contribution < -0.4 is 15.2 Å². The van der Waals surface area contributed by atoms with Gasteiger partial charge in [0, 0.05) is 11.3 Å². The number of ether oxygens (including phenoxy) is 3. The van der Waals surface area contributed by atoms with Crippen molar-refractivity contribution in [3.63, 3.8) is 0 Å². The number of nitrogens with two attached hydrogens (primary N) is 1. The predicted molar refractivity (Wildman–Crippen MR) is 112 cm³/mol. The lowest BCUT2D eigenvalue weighted by molar-refractivity contribution is -0.139. The second kappa shape index (κ2) is 11.5. The van der Waals surface area contributed by atoms with E-state index in [1.165, 1.54) is 0 Å². The summed E-state index contributed by atoms with van der Waals surface area (Å²) in [6.07, 6.45) is 3.67. The van der Waals surface area contributed by atoms with Gasteiger partial charge in [-0.05, 0) is 81.1 Å². The van der Waals surface area contributed by atoms with Crippen LogP contribution in [0.15, 0.2) is 60.7 Å². The van der Waals surface area contributed by atoms with Crippen LogP contribution in [0.25, 0.3) is 0 Å². The summed E-state index contributed by atoms with van der Waals surface area (Å²) in [6, 6.07) is 13.5. The van der Waals surface area contributed by atoms with Crippen molar-refractivity contribution in [1.82, 2.24) is 0 Å². The minimum Gasteiger partial charge on any atom is -0.494 e. The molecule has 0 saturated carbocycles. The summed E-state index contributed by atoms with van der Waals surface area (Å²) in [5.41, 5.74) is 7.08. The van der Waals surface area contributed by atoms with E-state index in [2.05, 4.69) is 6.58 Å². The van der Waals surface area contributed by atoms with Crippen LogP contribution in [0.2, 0.25) is 0 Å². The molecule has 0 heterocycles. The minimum atomic E-state index is -0.436. The fraction of sp³-hybridized carbons (Fsp3) is 0.304. The van der Waals surface area contributed by atoms with Gasteiger partial charge in [-0.15, -0.1) is 0 Å². The molecule has 0 atom stereocenters. The molecule has 2 aromatic rings. The summed E-state index contributed by atoms with van der Waals surface area (Å²) in [4.78, 5) is 23.4. The van der Waals surface area contributed by atoms with Gasteiger partial charge >= 0.3 is 11.9 Å². The van der Waals surface area contributed by atoms with Crippen molar-refractivity contribution < 1.29 is 23.8 Å². The molecule has 6 heteroatoms. The van der Waals surface area contributed by atoms with Crippen molar-refractivity contribution in [1.29, 1.82) is 0 Å². The van der Waals surface area contributed by atoms with Crippen LogP contribution in [0.3, 0.4) is 0 Å². The quantitative estimate of drug-likeness (QED) is 0.197. The molecule has 0 aliphatic heterocycles. The number of anilines is 1. The number of carbonyl (C=O) groups is 2. The van der Waals surface area contributed by atoms with Crippen LogP contribution in [0.4, 0.5) is 5.69 Å². The molecule has 154 valence electrons. The van der Waals surface area contributed by atoms with Gasteiger partial charge < -0.3 is 19.9 Å². The van der Waals surface area contributed by atoms with Crippen molar-refractivity contribution in [2.75, 3.05) is 18.9 Å². The summed E-state index contributed by atoms with van der Waals surface area (Å²) < 4.78 is 16.0. The van der Waals surface area contributed by atoms with Crippen molar-refractivity contribution in [3.8, 4) is 11.5 Å². The first-order valence-corrected chi connectivity index (χ1v) is 9.59. The number of hydrogen-bond acceptors (Lipinski definition) is 6. The highest BCUT2D eigenvalue weighted by Gasteiger charge is 2.09. The van der Waals surface area contributed by atoms with Crippen molar-refractivity contribution in [3.05, 3.63) is 66.2 Å². The molecule has 29 heavy (non-hydrogen) atoms. The molecule has 2 aromatic carbocycles. The molecule has 0 unspecified atom stereocenters. The van der Waals surface area contributed by atoms with Crippen LogP contribution in [0.1, 0.15) is 43.0 Å². The van der Waals surface area contributed by atoms with Crippen LogP contribution >= 0.6 is 0 Å². The zero-order chi connectivity index (χ0) is 21.1. The Morgan fingerprint density at radius 2 is 1.45 bits per heavy atom. The number of unbranched alkanes of at least 4 members (excludes halogenated alkanes) is 3. The van der Waals surface area contributed by atoms with Crippen LogP contribution in [-0.2, 0) is 9.53 Å². The van der Waals surface area contributed by atoms with Gasteiger partial charge in [0.15, 0.2) is 0 Å². The van der Waals surface area contributed by atoms with Gasteiger partial charge in [-0.25, -0.2) is 9.59 Å². The molecule has 0 spiro atoms. The van der Waals surface area contributed by atoms with E-state index in [4.69, 9.17) is 19.9 Å². The van der Waals surface area contributed by atoms with Gasteiger partial charge in [0.05, 0.1) is 18.8 Å². The highest BCUT2D eigenvalue weighted by molar-refractivity contribution is 5.91. The predicted octanol–water partition coefficient (Wildman–Crippen LogP) is 4.55. The molecule has 0 radical (unpaired) electrons. The number of nitrogen functional groups attached to an aromatic ring is 1. The molecular weight excluding hydrogens is 370 g/mol. The lowest BCUT2D eigenvalue weighted by Gasteiger charge is -2.08. The number of rotatable bonds is 11. The van der Waals surface area contributed by atoms with E-state index in [0.717, 1.165) is 25.7 Å². The first-order chi connectivity index (χ1) is 14.0. The van der Waals surface area contributed by atoms with Gasteiger partial charge in [0.1, 0.15) is 11.5 Å². The summed E-state index contributed by atoms with van der Waals surface area (Å²) in [6.45, 7) is 6.17. The standard InChI is InChI=1S/C23H27NO5/c1-17(2)22(25)28-16-6-4-3-5-15-27-20-11-7-18(8-12-20)23(26)29-21-13-9-19(24)10-14-21/h7-14H,1,3-6,15-16,24H2,2H3. The first kappa shape index (κ1) is 22.0. The number of esters is 2. The molecule has 0 aromatic heterocycles. The molecule has 0 saturated heterocycles. The fourth-order valence-electron chi connectivity index (χ4n) is 2.42. The molecule has 2 rings (SSSR count). The van der Waals surface area contributed by atoms with Gasteiger partial charge in [-0.2, -0.15) is 0 Å². The summed E-state index contributed by atoms with van der Waals surface area (Å²) in [5.74, 6) is 0.367. The van der Waals surface area contributed by atoms with E-state index in [9.17, 15) is 9.59 Å². The highest BCUT2D eigenvalue weighted by atomic mass is 16.5. The second-order valence-corrected chi connectivity index (χ2v) is 6.66. The Labute approximate surface area is 171 Å². The number of carbonyl (C=O) groups excluding carboxylic acids is 2. The SMILES string of the molecule is C=C(C)C(=O)OCCCCCCOc1ccc(C(=O)Oc2ccc(N)cc2)cc1. The van der Waals surface area contributed by atoms with E-state index < -0.39 is 5.97 Å². The molecule has 0 fully saturated rings. The van der Waals surface area contributed by atoms with Crippen molar-refractivity contribution >= 4 is 17.6 Å². The average molecular weight is 397 g/mol. The molecule has 0 bridgehead atoms. The summed E-state index contributed by atoms with van der Waals surface area (Å²) >= 11 is 0. The summed E-state index contributed by atoms with van der Waals surface area (Å²) in [7, 11) is 0. The van der Waals surface area contributed by atoms with E-state index >= 15 is 0 Å². The average Bonchev–Trinajstić information content (AvgIpc) is 2.71. The third-order valence-electron chi connectivity index (χ3n) is 4.07. The van der Waals surface area contributed by atoms with Crippen molar-refractivity contribution in [2.45, 2.75) is 32.6 Å². The van der Waals surface area contributed by atoms with Crippen LogP contribution in [0.5, 0.6) is 11.5 Å². The Balaban J connectivity index is 1.62. The van der Waals surface area contributed by atoms with Gasteiger partial charge in [0.25, 0.3) is 0 Å². The zero-order valence-electron chi connectivity index (χ0n) is 16.7. The molecule has 6 nitrogen and oxygen atoms in total. The smallest absolute Gasteiger partial charge is 0.343 e. The molecular formula is C23H27NO5. The van der Waals surface area contributed by atoms with E-state index in [1.807, 2.05) is 0 Å². The highest BCUT2D eigenvalue weighted by Crippen LogP contribution is 2.17. The van der Waals surface area contributed by atoms with Gasteiger partial charge in [-0.1, -0.05) is 6.58 Å². The number of hydrogen-bond donors (Lipinski definition) is 1. The molecule has 2 N–H and O–H groups in total. The number of benzene rings is 2. The maximum atomic E-state index is 12.1. The maximum Gasteiger partial charge on any atom is 0.343 e. The maximum absolute atomic E-state index is 12.1. The van der Waals surface area contributed by atoms with E-state index in [-0.39, 0.29) is 5.97 Å². The third-order valence-corrected chi connectivity index (χ3v) is 4.07. The lowest BCUT2D eigenvalue weighted by Crippen LogP contribution is -2.08. The Morgan fingerprint density at radius 1 is 0.862 bits per heavy atom. The topological polar surface area (TPSA) is 87.8 Å². The Morgan fingerprint density at radius 3 is 2.07 bits per heavy atom. The van der Waals surface area contributed by atoms with Gasteiger partial charge in [-0.3, -0.25) is 0 Å². The Hall–Kier alpha value is -3.28. The Bertz CT molecular complexity index is 812. The minimum absolute atomic E-state index is 0.339. The van der Waals surface area contributed by atoms with Crippen molar-refractivity contribution in [2.24, 2.45) is 0 Å². The van der Waals surface area contributed by atoms with E-state index in [0.29, 0.717) is 41.5 Å². The molecule has 0 amide bonds. The molecule has 0 aliphatic rings. The first-order valence-electron chi connectivity index (χ1n) is 9.59. The zero-order valence-corrected chi connectivity index (χ0v) is 16.7. The van der Waals surface area contributed by atoms with E-state index in [1.54, 1.807) is 55.5 Å². The Kier molecular flexibility index (Phi) is 8.76. The van der Waals surface area contributed by atoms with Crippen LogP contribution in [-0.4, -0.2) is 25.2 Å². The lowest BCUT2D eigenvalue weighted by atomic mass is 10.2. The summed E-state index contributed by atoms with van der Waals surface area (Å²) in [5, 5.41) is 0. The van der Waals surface area contributed by atoms with Gasteiger partial charge in [0.2, 0.25) is 0 Å². The monoisotopic (exact) mass is 397 g/mol. The molecule has 0 aliphatic carbocycles. The fourth-order valence-corrected chi connectivity index (χ4v) is 2.42. The normalized spacial score (nSPS) is 10.2.